The van der Waals surface area contributed by atoms with Crippen molar-refractivity contribution in [2.75, 3.05) is 18.0 Å². The van der Waals surface area contributed by atoms with Crippen molar-refractivity contribution in [1.29, 1.82) is 0 Å². The summed E-state index contributed by atoms with van der Waals surface area (Å²) in [5, 5.41) is 4.38. The first-order valence-corrected chi connectivity index (χ1v) is 9.45. The van der Waals surface area contributed by atoms with Gasteiger partial charge in [0.25, 0.3) is 5.91 Å². The third-order valence-electron chi connectivity index (χ3n) is 5.03. The number of aryl methyl sites for hydroxylation is 1. The summed E-state index contributed by atoms with van der Waals surface area (Å²) in [6, 6.07) is 6.43. The second-order valence-corrected chi connectivity index (χ2v) is 6.94. The van der Waals surface area contributed by atoms with Gasteiger partial charge in [0.15, 0.2) is 5.92 Å². The molecule has 4 amide bonds. The van der Waals surface area contributed by atoms with Gasteiger partial charge in [-0.25, -0.2) is 14.7 Å². The first-order chi connectivity index (χ1) is 13.0. The molecule has 2 fully saturated rings. The minimum Gasteiger partial charge on any atom is -0.322 e. The number of barbiturate groups is 1. The van der Waals surface area contributed by atoms with E-state index in [1.54, 1.807) is 25.1 Å². The number of amides is 4. The van der Waals surface area contributed by atoms with Gasteiger partial charge in [0.2, 0.25) is 5.91 Å². The molecule has 0 radical (unpaired) electrons. The van der Waals surface area contributed by atoms with Crippen molar-refractivity contribution in [2.45, 2.75) is 39.5 Å². The summed E-state index contributed by atoms with van der Waals surface area (Å²) in [4.78, 5) is 39.1. The van der Waals surface area contributed by atoms with Crippen molar-refractivity contribution >= 4 is 23.5 Å². The first kappa shape index (κ1) is 19.1. The van der Waals surface area contributed by atoms with E-state index in [9.17, 15) is 14.4 Å². The highest BCUT2D eigenvalue weighted by Gasteiger charge is 2.44. The summed E-state index contributed by atoms with van der Waals surface area (Å²) in [5.74, 6) is -2.20. The lowest BCUT2D eigenvalue weighted by Gasteiger charge is -2.34. The van der Waals surface area contributed by atoms with Gasteiger partial charge in [0.05, 0.1) is 5.69 Å². The molecule has 0 bridgehead atoms. The lowest BCUT2D eigenvalue weighted by molar-refractivity contribution is -0.133. The van der Waals surface area contributed by atoms with Gasteiger partial charge in [-0.15, -0.1) is 0 Å². The van der Waals surface area contributed by atoms with E-state index in [-0.39, 0.29) is 0 Å². The molecule has 1 aromatic rings. The fourth-order valence-corrected chi connectivity index (χ4v) is 3.55. The summed E-state index contributed by atoms with van der Waals surface area (Å²) in [6.07, 6.45) is 6.24. The summed E-state index contributed by atoms with van der Waals surface area (Å²) in [7, 11) is 0. The van der Waals surface area contributed by atoms with Crippen molar-refractivity contribution in [3.63, 3.8) is 0 Å². The van der Waals surface area contributed by atoms with Crippen LogP contribution < -0.4 is 15.6 Å². The van der Waals surface area contributed by atoms with Crippen molar-refractivity contribution in [2.24, 2.45) is 5.92 Å². The number of carbonyl (C=O) groups is 3. The highest BCUT2D eigenvalue weighted by molar-refractivity contribution is 6.29. The van der Waals surface area contributed by atoms with Crippen LogP contribution in [0.15, 0.2) is 36.0 Å². The predicted octanol–water partition coefficient (Wildman–Crippen LogP) is 2.48. The number of hydrogen-bond acceptors (Lipinski definition) is 5. The van der Waals surface area contributed by atoms with Crippen LogP contribution in [0.3, 0.4) is 0 Å². The van der Waals surface area contributed by atoms with E-state index in [1.165, 1.54) is 12.8 Å². The molecular formula is C20H26N4O3. The van der Waals surface area contributed by atoms with Crippen LogP contribution in [-0.4, -0.2) is 35.9 Å². The average molecular weight is 370 g/mol. The molecule has 7 nitrogen and oxygen atoms in total. The van der Waals surface area contributed by atoms with Crippen molar-refractivity contribution in [3.8, 4) is 0 Å². The third-order valence-corrected chi connectivity index (χ3v) is 5.03. The molecule has 0 aromatic heterocycles. The lowest BCUT2D eigenvalue weighted by Crippen LogP contribution is -2.60. The number of hydrogen-bond donors (Lipinski definition) is 2. The molecular weight excluding hydrogens is 344 g/mol. The Morgan fingerprint density at radius 1 is 1.11 bits per heavy atom. The Hall–Kier alpha value is -2.67. The zero-order valence-electron chi connectivity index (χ0n) is 15.8. The van der Waals surface area contributed by atoms with E-state index in [1.807, 2.05) is 19.1 Å². The average Bonchev–Trinajstić information content (AvgIpc) is 2.90. The van der Waals surface area contributed by atoms with Crippen molar-refractivity contribution in [3.05, 3.63) is 41.6 Å². The Balaban J connectivity index is 1.86. The molecule has 2 aliphatic heterocycles. The van der Waals surface area contributed by atoms with E-state index < -0.39 is 23.8 Å². The number of nitrogens with zero attached hydrogens (tertiary/aromatic N) is 2. The Kier molecular flexibility index (Phi) is 5.91. The molecule has 2 saturated heterocycles. The quantitative estimate of drug-likeness (QED) is 0.796. The van der Waals surface area contributed by atoms with Crippen LogP contribution >= 0.6 is 0 Å². The smallest absolute Gasteiger partial charge is 0.322 e. The molecule has 0 aliphatic carbocycles. The van der Waals surface area contributed by atoms with Crippen LogP contribution in [-0.2, 0) is 9.59 Å². The number of imide groups is 2. The van der Waals surface area contributed by atoms with E-state index in [0.717, 1.165) is 36.4 Å². The maximum absolute atomic E-state index is 13.2. The lowest BCUT2D eigenvalue weighted by atomic mass is 9.99. The molecule has 0 unspecified atom stereocenters. The SMILES string of the molecule is C/C=C(\NN1CCCCCC1)[C@H]1C(=O)NC(=O)N(c2ccccc2C)C1=O. The number of nitrogens with one attached hydrogen (secondary N) is 2. The number of allylic oxidation sites excluding steroid dienone is 1. The minimum atomic E-state index is -1.07. The summed E-state index contributed by atoms with van der Waals surface area (Å²) >= 11 is 0. The Bertz CT molecular complexity index is 766. The molecule has 1 atom stereocenters. The van der Waals surface area contributed by atoms with Gasteiger partial charge in [0.1, 0.15) is 0 Å². The predicted molar refractivity (Wildman–Crippen MR) is 103 cm³/mol. The molecule has 0 saturated carbocycles. The normalized spacial score (nSPS) is 22.4. The Morgan fingerprint density at radius 2 is 1.78 bits per heavy atom. The van der Waals surface area contributed by atoms with Gasteiger partial charge in [-0.1, -0.05) is 37.1 Å². The number of benzene rings is 1. The molecule has 2 heterocycles. The molecule has 0 spiro atoms. The number of rotatable bonds is 4. The van der Waals surface area contributed by atoms with Crippen LogP contribution in [0.5, 0.6) is 0 Å². The highest BCUT2D eigenvalue weighted by Crippen LogP contribution is 2.26. The summed E-state index contributed by atoms with van der Waals surface area (Å²) in [5.41, 5.74) is 5.03. The zero-order chi connectivity index (χ0) is 19.4. The summed E-state index contributed by atoms with van der Waals surface area (Å²) < 4.78 is 0. The zero-order valence-corrected chi connectivity index (χ0v) is 15.8. The fourth-order valence-electron chi connectivity index (χ4n) is 3.55. The number of urea groups is 1. The topological polar surface area (TPSA) is 81.8 Å². The van der Waals surface area contributed by atoms with Gasteiger partial charge in [-0.3, -0.25) is 14.9 Å². The summed E-state index contributed by atoms with van der Waals surface area (Å²) in [6.45, 7) is 5.34. The maximum Gasteiger partial charge on any atom is 0.335 e. The van der Waals surface area contributed by atoms with E-state index in [0.29, 0.717) is 11.4 Å². The highest BCUT2D eigenvalue weighted by atomic mass is 16.2. The number of para-hydroxylation sites is 1. The molecule has 3 rings (SSSR count). The molecule has 144 valence electrons. The standard InChI is InChI=1S/C20H26N4O3/c1-3-15(22-23-12-8-4-5-9-13-23)17-18(25)21-20(27)24(19(17)26)16-11-7-6-10-14(16)2/h3,6-7,10-11,17,22H,4-5,8-9,12-13H2,1-2H3,(H,21,25,27)/b15-3-/t17-/m0/s1. The van der Waals surface area contributed by atoms with Crippen LogP contribution in [0, 0.1) is 12.8 Å². The third kappa shape index (κ3) is 4.03. The number of hydrazine groups is 1. The minimum absolute atomic E-state index is 0.489. The molecule has 1 aromatic carbocycles. The molecule has 2 aliphatic rings. The van der Waals surface area contributed by atoms with Crippen LogP contribution in [0.25, 0.3) is 0 Å². The van der Waals surface area contributed by atoms with E-state index >= 15 is 0 Å². The fraction of sp³-hybridized carbons (Fsp3) is 0.450. The van der Waals surface area contributed by atoms with Gasteiger partial charge >= 0.3 is 6.03 Å². The van der Waals surface area contributed by atoms with Gasteiger partial charge in [-0.2, -0.15) is 0 Å². The van der Waals surface area contributed by atoms with Crippen molar-refractivity contribution in [1.82, 2.24) is 15.8 Å². The maximum atomic E-state index is 13.2. The van der Waals surface area contributed by atoms with Crippen LogP contribution in [0.2, 0.25) is 0 Å². The van der Waals surface area contributed by atoms with Gasteiger partial charge in [0, 0.05) is 18.8 Å². The largest absolute Gasteiger partial charge is 0.335 e. The van der Waals surface area contributed by atoms with Gasteiger partial charge < -0.3 is 5.43 Å². The van der Waals surface area contributed by atoms with Crippen LogP contribution in [0.1, 0.15) is 38.2 Å². The first-order valence-electron chi connectivity index (χ1n) is 9.45. The Labute approximate surface area is 159 Å². The molecule has 2 N–H and O–H groups in total. The van der Waals surface area contributed by atoms with E-state index in [4.69, 9.17) is 0 Å². The van der Waals surface area contributed by atoms with Gasteiger partial charge in [-0.05, 0) is 38.3 Å². The van der Waals surface area contributed by atoms with E-state index in [2.05, 4.69) is 15.8 Å². The Morgan fingerprint density at radius 3 is 2.41 bits per heavy atom. The number of carbonyl (C=O) groups excluding carboxylic acids is 3. The number of anilines is 1. The molecule has 7 heteroatoms. The van der Waals surface area contributed by atoms with Crippen LogP contribution in [0.4, 0.5) is 10.5 Å². The second-order valence-electron chi connectivity index (χ2n) is 6.94. The monoisotopic (exact) mass is 370 g/mol. The molecule has 27 heavy (non-hydrogen) atoms. The van der Waals surface area contributed by atoms with Crippen molar-refractivity contribution < 1.29 is 14.4 Å². The second kappa shape index (κ2) is 8.35.